The van der Waals surface area contributed by atoms with Gasteiger partial charge in [0.2, 0.25) is 10.0 Å². The molecule has 0 aliphatic rings. The molecule has 0 aliphatic carbocycles. The van der Waals surface area contributed by atoms with E-state index < -0.39 is 22.0 Å². The Morgan fingerprint density at radius 1 is 1.25 bits per heavy atom. The van der Waals surface area contributed by atoms with Gasteiger partial charge in [0.1, 0.15) is 0 Å². The Bertz CT molecular complexity index is 507. The van der Waals surface area contributed by atoms with Crippen molar-refractivity contribution in [2.45, 2.75) is 30.2 Å². The number of hydrogen-bond acceptors (Lipinski definition) is 5. The van der Waals surface area contributed by atoms with Crippen LogP contribution in [0.15, 0.2) is 35.2 Å². The van der Waals surface area contributed by atoms with Crippen LogP contribution in [0.3, 0.4) is 0 Å². The first-order chi connectivity index (χ1) is 8.97. The molecule has 6 nitrogen and oxygen atoms in total. The van der Waals surface area contributed by atoms with Gasteiger partial charge in [0.05, 0.1) is 16.9 Å². The summed E-state index contributed by atoms with van der Waals surface area (Å²) >= 11 is 0. The van der Waals surface area contributed by atoms with Crippen LogP contribution in [-0.2, 0) is 14.8 Å². The van der Waals surface area contributed by atoms with Crippen molar-refractivity contribution < 1.29 is 47.9 Å². The number of nitrogens with two attached hydrogens (primary N) is 1. The molecule has 0 spiro atoms. The van der Waals surface area contributed by atoms with E-state index in [1.807, 2.05) is 0 Å². The number of carbonyl (C=O) groups is 1. The molecule has 0 aromatic heterocycles. The molecular formula is C12H17N2NaO4S. The number of benzene rings is 1. The number of carboxylic acid groups (broad SMARTS) is 1. The number of unbranched alkanes of at least 4 members (excludes halogenated alkanes) is 1. The zero-order valence-electron chi connectivity index (χ0n) is 11.4. The number of carboxylic acids is 1. The third-order valence-corrected chi connectivity index (χ3v) is 4.07. The molecule has 0 bridgehead atoms. The molecule has 0 saturated heterocycles. The molecule has 0 fully saturated rings. The summed E-state index contributed by atoms with van der Waals surface area (Å²) < 4.78 is 26.0. The van der Waals surface area contributed by atoms with E-state index in [-0.39, 0.29) is 40.9 Å². The van der Waals surface area contributed by atoms with Gasteiger partial charge >= 0.3 is 29.6 Å². The quantitative estimate of drug-likeness (QED) is 0.378. The zero-order valence-corrected chi connectivity index (χ0v) is 14.2. The van der Waals surface area contributed by atoms with E-state index in [0.717, 1.165) is 0 Å². The van der Waals surface area contributed by atoms with Crippen molar-refractivity contribution in [2.75, 3.05) is 6.54 Å². The number of sulfonamides is 1. The Morgan fingerprint density at radius 2 is 1.85 bits per heavy atom. The maximum absolute atomic E-state index is 12.0. The Hall–Kier alpha value is -0.440. The van der Waals surface area contributed by atoms with Crippen LogP contribution in [0.25, 0.3) is 0 Å². The smallest absolute Gasteiger partial charge is 0.548 e. The Morgan fingerprint density at radius 3 is 2.35 bits per heavy atom. The molecule has 1 rings (SSSR count). The minimum Gasteiger partial charge on any atom is -0.548 e. The van der Waals surface area contributed by atoms with Gasteiger partial charge in [0.25, 0.3) is 0 Å². The number of nitrogens with one attached hydrogen (secondary N) is 1. The van der Waals surface area contributed by atoms with Gasteiger partial charge in [-0.25, -0.2) is 13.1 Å². The van der Waals surface area contributed by atoms with Gasteiger partial charge in [-0.2, -0.15) is 0 Å². The number of hydrogen-bond donors (Lipinski definition) is 2. The molecule has 1 aromatic rings. The van der Waals surface area contributed by atoms with E-state index >= 15 is 0 Å². The van der Waals surface area contributed by atoms with Gasteiger partial charge in [-0.1, -0.05) is 24.6 Å². The van der Waals surface area contributed by atoms with Crippen LogP contribution < -0.4 is 45.1 Å². The fraction of sp³-hybridized carbons (Fsp3) is 0.417. The average Bonchev–Trinajstić information content (AvgIpc) is 2.38. The van der Waals surface area contributed by atoms with Crippen LogP contribution in [0, 0.1) is 0 Å². The van der Waals surface area contributed by atoms with Crippen LogP contribution >= 0.6 is 0 Å². The first kappa shape index (κ1) is 19.6. The van der Waals surface area contributed by atoms with Crippen molar-refractivity contribution in [3.05, 3.63) is 30.3 Å². The molecule has 20 heavy (non-hydrogen) atoms. The van der Waals surface area contributed by atoms with Crippen LogP contribution in [0.5, 0.6) is 0 Å². The van der Waals surface area contributed by atoms with Crippen molar-refractivity contribution in [3.63, 3.8) is 0 Å². The van der Waals surface area contributed by atoms with E-state index in [4.69, 9.17) is 5.73 Å². The van der Waals surface area contributed by atoms with Gasteiger partial charge in [0.15, 0.2) is 0 Å². The van der Waals surface area contributed by atoms with Crippen molar-refractivity contribution in [2.24, 2.45) is 5.73 Å². The molecule has 0 saturated carbocycles. The molecule has 0 amide bonds. The summed E-state index contributed by atoms with van der Waals surface area (Å²) in [6, 6.07) is 6.37. The minimum atomic E-state index is -3.84. The second-order valence-electron chi connectivity index (χ2n) is 4.09. The Balaban J connectivity index is 0.00000361. The zero-order chi connectivity index (χ0) is 14.3. The third kappa shape index (κ3) is 6.34. The second kappa shape index (κ2) is 9.49. The summed E-state index contributed by atoms with van der Waals surface area (Å²) in [5.41, 5.74) is 5.31. The molecule has 3 N–H and O–H groups in total. The van der Waals surface area contributed by atoms with Crippen LogP contribution in [0.1, 0.15) is 19.3 Å². The normalized spacial score (nSPS) is 12.4. The summed E-state index contributed by atoms with van der Waals surface area (Å²) in [5, 5.41) is 10.9. The summed E-state index contributed by atoms with van der Waals surface area (Å²) in [6.07, 6.45) is 1.31. The van der Waals surface area contributed by atoms with Crippen molar-refractivity contribution in [1.29, 1.82) is 0 Å². The summed E-state index contributed by atoms with van der Waals surface area (Å²) in [7, 11) is -3.84. The molecule has 0 aliphatic heterocycles. The molecule has 1 aromatic carbocycles. The maximum atomic E-state index is 12.0. The largest absolute Gasteiger partial charge is 1.00 e. The van der Waals surface area contributed by atoms with Gasteiger partial charge in [-0.05, 0) is 31.5 Å². The van der Waals surface area contributed by atoms with E-state index in [2.05, 4.69) is 4.72 Å². The van der Waals surface area contributed by atoms with E-state index in [9.17, 15) is 18.3 Å². The first-order valence-electron chi connectivity index (χ1n) is 5.95. The number of rotatable bonds is 8. The molecule has 1 atom stereocenters. The predicted octanol–water partition coefficient (Wildman–Crippen LogP) is -3.78. The fourth-order valence-corrected chi connectivity index (χ4v) is 2.81. The van der Waals surface area contributed by atoms with Crippen molar-refractivity contribution in [1.82, 2.24) is 4.72 Å². The average molecular weight is 308 g/mol. The Kier molecular flexibility index (Phi) is 9.28. The predicted molar refractivity (Wildman–Crippen MR) is 68.5 cm³/mol. The molecule has 1 unspecified atom stereocenters. The standard InChI is InChI=1S/C12H18N2O4S.Na/c13-9-5-4-8-11(12(15)16)14-19(17,18)10-6-2-1-3-7-10;/h1-3,6-7,11,14H,4-5,8-9,13H2,(H,15,16);/q;+1/p-1. The summed E-state index contributed by atoms with van der Waals surface area (Å²) in [4.78, 5) is 11.0. The van der Waals surface area contributed by atoms with Crippen LogP contribution in [0.2, 0.25) is 0 Å². The number of carbonyl (C=O) groups excluding carboxylic acids is 1. The molecule has 8 heteroatoms. The van der Waals surface area contributed by atoms with E-state index in [0.29, 0.717) is 19.4 Å². The molecule has 0 radical (unpaired) electrons. The van der Waals surface area contributed by atoms with Crippen LogP contribution in [0.4, 0.5) is 0 Å². The van der Waals surface area contributed by atoms with Crippen molar-refractivity contribution in [3.8, 4) is 0 Å². The van der Waals surface area contributed by atoms with E-state index in [1.54, 1.807) is 18.2 Å². The minimum absolute atomic E-state index is 0. The SMILES string of the molecule is NCCCCC(NS(=O)(=O)c1ccccc1)C(=O)[O-].[Na+]. The summed E-state index contributed by atoms with van der Waals surface area (Å²) in [5.74, 6) is -1.43. The fourth-order valence-electron chi connectivity index (χ4n) is 1.57. The maximum Gasteiger partial charge on any atom is 1.00 e. The van der Waals surface area contributed by atoms with E-state index in [1.165, 1.54) is 12.1 Å². The monoisotopic (exact) mass is 308 g/mol. The topological polar surface area (TPSA) is 112 Å². The van der Waals surface area contributed by atoms with Gasteiger partial charge in [0, 0.05) is 0 Å². The second-order valence-corrected chi connectivity index (χ2v) is 5.80. The third-order valence-electron chi connectivity index (χ3n) is 2.58. The van der Waals surface area contributed by atoms with Gasteiger partial charge < -0.3 is 15.6 Å². The Labute approximate surface area is 141 Å². The van der Waals surface area contributed by atoms with Crippen molar-refractivity contribution >= 4 is 16.0 Å². The van der Waals surface area contributed by atoms with Crippen LogP contribution in [-0.4, -0.2) is 27.0 Å². The van der Waals surface area contributed by atoms with Gasteiger partial charge in [-0.3, -0.25) is 0 Å². The molecule has 0 heterocycles. The van der Waals surface area contributed by atoms with Gasteiger partial charge in [-0.15, -0.1) is 0 Å². The number of aliphatic carboxylic acids is 1. The first-order valence-corrected chi connectivity index (χ1v) is 7.44. The summed E-state index contributed by atoms with van der Waals surface area (Å²) in [6.45, 7) is 0.436. The molecular weight excluding hydrogens is 291 g/mol. The molecule has 106 valence electrons.